The maximum atomic E-state index is 11.9. The van der Waals surface area contributed by atoms with E-state index in [9.17, 15) is 14.9 Å². The number of thiophene rings is 1. The number of anilines is 1. The van der Waals surface area contributed by atoms with Crippen molar-refractivity contribution in [3.8, 4) is 6.07 Å². The monoisotopic (exact) mass is 324 g/mol. The van der Waals surface area contributed by atoms with Crippen molar-refractivity contribution in [2.75, 3.05) is 11.1 Å². The number of hydrogen-bond acceptors (Lipinski definition) is 5. The molecule has 2 rings (SSSR count). The summed E-state index contributed by atoms with van der Waals surface area (Å²) in [7, 11) is 0. The third-order valence-corrected chi connectivity index (χ3v) is 5.88. The number of nitriles is 1. The van der Waals surface area contributed by atoms with Crippen LogP contribution in [0.25, 0.3) is 0 Å². The molecule has 0 atom stereocenters. The zero-order valence-corrected chi connectivity index (χ0v) is 13.5. The second-order valence-electron chi connectivity index (χ2n) is 5.33. The van der Waals surface area contributed by atoms with Crippen LogP contribution in [-0.4, -0.2) is 27.5 Å². The molecule has 1 aromatic heterocycles. The van der Waals surface area contributed by atoms with Crippen LogP contribution in [0.2, 0.25) is 0 Å². The van der Waals surface area contributed by atoms with E-state index in [1.165, 1.54) is 16.2 Å². The van der Waals surface area contributed by atoms with E-state index in [2.05, 4.69) is 11.4 Å². The Bertz CT molecular complexity index is 629. The standard InChI is InChI=1S/C14H16N2O3S2/c1-14(2,13(18)19)20-7-11(17)16-12-9(6-15)8-4-3-5-10(8)21-12/h3-5,7H2,1-2H3,(H,16,17)(H,18,19). The van der Waals surface area contributed by atoms with Crippen LogP contribution in [0.5, 0.6) is 0 Å². The van der Waals surface area contributed by atoms with Crippen LogP contribution in [0.1, 0.15) is 36.3 Å². The van der Waals surface area contributed by atoms with Gasteiger partial charge in [-0.3, -0.25) is 9.59 Å². The van der Waals surface area contributed by atoms with Gasteiger partial charge in [-0.05, 0) is 38.7 Å². The van der Waals surface area contributed by atoms with Crippen LogP contribution in [-0.2, 0) is 22.4 Å². The van der Waals surface area contributed by atoms with Crippen molar-refractivity contribution in [3.05, 3.63) is 16.0 Å². The van der Waals surface area contributed by atoms with E-state index in [0.717, 1.165) is 36.6 Å². The molecule has 112 valence electrons. The summed E-state index contributed by atoms with van der Waals surface area (Å²) in [5.41, 5.74) is 1.64. The Balaban J connectivity index is 2.01. The molecule has 0 unspecified atom stereocenters. The molecular weight excluding hydrogens is 308 g/mol. The van der Waals surface area contributed by atoms with E-state index in [-0.39, 0.29) is 11.7 Å². The Hall–Kier alpha value is -1.52. The van der Waals surface area contributed by atoms with Crippen LogP contribution in [0.3, 0.4) is 0 Å². The summed E-state index contributed by atoms with van der Waals surface area (Å²) < 4.78 is -1.01. The van der Waals surface area contributed by atoms with Crippen LogP contribution < -0.4 is 5.32 Å². The number of thioether (sulfide) groups is 1. The van der Waals surface area contributed by atoms with Gasteiger partial charge in [-0.25, -0.2) is 0 Å². The molecule has 0 aliphatic heterocycles. The number of carbonyl (C=O) groups is 2. The van der Waals surface area contributed by atoms with Gasteiger partial charge in [0.1, 0.15) is 15.8 Å². The molecular formula is C14H16N2O3S2. The molecule has 0 radical (unpaired) electrons. The van der Waals surface area contributed by atoms with Crippen molar-refractivity contribution in [2.45, 2.75) is 37.9 Å². The number of carboxylic acids is 1. The first-order chi connectivity index (χ1) is 9.85. The van der Waals surface area contributed by atoms with Gasteiger partial charge in [0, 0.05) is 4.88 Å². The lowest BCUT2D eigenvalue weighted by Crippen LogP contribution is -2.29. The zero-order chi connectivity index (χ0) is 15.6. The van der Waals surface area contributed by atoms with Gasteiger partial charge >= 0.3 is 5.97 Å². The molecule has 0 saturated carbocycles. The predicted octanol–water partition coefficient (Wildman–Crippen LogP) is 2.64. The number of nitrogens with one attached hydrogen (secondary N) is 1. The molecule has 21 heavy (non-hydrogen) atoms. The fourth-order valence-electron chi connectivity index (χ4n) is 2.08. The zero-order valence-electron chi connectivity index (χ0n) is 11.9. The minimum absolute atomic E-state index is 0.0483. The molecule has 5 nitrogen and oxygen atoms in total. The first-order valence-corrected chi connectivity index (χ1v) is 8.37. The molecule has 0 bridgehead atoms. The maximum absolute atomic E-state index is 11.9. The van der Waals surface area contributed by atoms with Gasteiger partial charge in [-0.2, -0.15) is 5.26 Å². The molecule has 1 heterocycles. The quantitative estimate of drug-likeness (QED) is 0.869. The molecule has 2 N–H and O–H groups in total. The number of nitrogens with zero attached hydrogens (tertiary/aromatic N) is 1. The highest BCUT2D eigenvalue weighted by Crippen LogP contribution is 2.38. The van der Waals surface area contributed by atoms with E-state index in [1.807, 2.05) is 0 Å². The first-order valence-electron chi connectivity index (χ1n) is 6.57. The van der Waals surface area contributed by atoms with Crippen molar-refractivity contribution in [2.24, 2.45) is 0 Å². The smallest absolute Gasteiger partial charge is 0.319 e. The summed E-state index contributed by atoms with van der Waals surface area (Å²) in [4.78, 5) is 24.1. The molecule has 0 aromatic carbocycles. The van der Waals surface area contributed by atoms with Crippen molar-refractivity contribution in [1.29, 1.82) is 5.26 Å². The first kappa shape index (κ1) is 15.9. The van der Waals surface area contributed by atoms with Crippen molar-refractivity contribution in [1.82, 2.24) is 0 Å². The van der Waals surface area contributed by atoms with E-state index in [0.29, 0.717) is 10.6 Å². The number of rotatable bonds is 5. The average Bonchev–Trinajstić information content (AvgIpc) is 2.96. The highest BCUT2D eigenvalue weighted by Gasteiger charge is 2.29. The normalized spacial score (nSPS) is 13.6. The van der Waals surface area contributed by atoms with Crippen molar-refractivity contribution >= 4 is 40.0 Å². The molecule has 0 saturated heterocycles. The molecule has 7 heteroatoms. The van der Waals surface area contributed by atoms with Gasteiger partial charge in [0.2, 0.25) is 5.91 Å². The summed E-state index contributed by atoms with van der Waals surface area (Å²) in [5, 5.41) is 21.6. The number of aryl methyl sites for hydroxylation is 1. The summed E-state index contributed by atoms with van der Waals surface area (Å²) in [6.07, 6.45) is 2.92. The Labute approximate surface area is 131 Å². The van der Waals surface area contributed by atoms with Crippen LogP contribution >= 0.6 is 23.1 Å². The van der Waals surface area contributed by atoms with Gasteiger partial charge in [0.05, 0.1) is 11.3 Å². The van der Waals surface area contributed by atoms with E-state index < -0.39 is 10.7 Å². The number of carbonyl (C=O) groups excluding carboxylic acids is 1. The number of hydrogen-bond donors (Lipinski definition) is 2. The minimum atomic E-state index is -1.01. The highest BCUT2D eigenvalue weighted by atomic mass is 32.2. The largest absolute Gasteiger partial charge is 0.480 e. The molecule has 0 fully saturated rings. The minimum Gasteiger partial charge on any atom is -0.480 e. The van der Waals surface area contributed by atoms with E-state index in [1.54, 1.807) is 13.8 Å². The Morgan fingerprint density at radius 1 is 1.48 bits per heavy atom. The highest BCUT2D eigenvalue weighted by molar-refractivity contribution is 8.02. The molecule has 1 aromatic rings. The fraction of sp³-hybridized carbons (Fsp3) is 0.500. The van der Waals surface area contributed by atoms with Crippen LogP contribution in [0.15, 0.2) is 0 Å². The molecule has 1 amide bonds. The summed E-state index contributed by atoms with van der Waals surface area (Å²) >= 11 is 2.53. The van der Waals surface area contributed by atoms with Gasteiger partial charge < -0.3 is 10.4 Å². The lowest BCUT2D eigenvalue weighted by molar-refractivity contribution is -0.138. The van der Waals surface area contributed by atoms with Gasteiger partial charge in [0.15, 0.2) is 0 Å². The van der Waals surface area contributed by atoms with Gasteiger partial charge in [0.25, 0.3) is 0 Å². The van der Waals surface area contributed by atoms with Crippen LogP contribution in [0, 0.1) is 11.3 Å². The second-order valence-corrected chi connectivity index (χ2v) is 8.03. The van der Waals surface area contributed by atoms with E-state index in [4.69, 9.17) is 5.11 Å². The third-order valence-electron chi connectivity index (χ3n) is 3.37. The Kier molecular flexibility index (Phi) is 4.59. The summed E-state index contributed by atoms with van der Waals surface area (Å²) in [6.45, 7) is 3.13. The SMILES string of the molecule is CC(C)(SCC(=O)Nc1sc2c(c1C#N)CCC2)C(=O)O. The lowest BCUT2D eigenvalue weighted by atomic mass is 10.1. The average molecular weight is 324 g/mol. The summed E-state index contributed by atoms with van der Waals surface area (Å²) in [6, 6.07) is 2.17. The second kappa shape index (κ2) is 6.08. The molecule has 1 aliphatic rings. The number of aliphatic carboxylic acids is 1. The predicted molar refractivity (Wildman–Crippen MR) is 83.9 cm³/mol. The Morgan fingerprint density at radius 2 is 2.19 bits per heavy atom. The number of fused-ring (bicyclic) bond motifs is 1. The van der Waals surface area contributed by atoms with Crippen molar-refractivity contribution < 1.29 is 14.7 Å². The lowest BCUT2D eigenvalue weighted by Gasteiger charge is -2.17. The summed E-state index contributed by atoms with van der Waals surface area (Å²) in [5.74, 6) is -1.17. The molecule has 1 aliphatic carbocycles. The topological polar surface area (TPSA) is 90.2 Å². The van der Waals surface area contributed by atoms with Crippen molar-refractivity contribution in [3.63, 3.8) is 0 Å². The molecule has 0 spiro atoms. The Morgan fingerprint density at radius 3 is 2.81 bits per heavy atom. The van der Waals surface area contributed by atoms with Gasteiger partial charge in [-0.1, -0.05) is 0 Å². The van der Waals surface area contributed by atoms with E-state index >= 15 is 0 Å². The maximum Gasteiger partial charge on any atom is 0.319 e. The fourth-order valence-corrected chi connectivity index (χ4v) is 4.02. The van der Waals surface area contributed by atoms with Crippen LogP contribution in [0.4, 0.5) is 5.00 Å². The number of carboxylic acid groups (broad SMARTS) is 1. The third kappa shape index (κ3) is 3.39. The van der Waals surface area contributed by atoms with Gasteiger partial charge in [-0.15, -0.1) is 23.1 Å². The number of amides is 1.